The summed E-state index contributed by atoms with van der Waals surface area (Å²) >= 11 is 0. The van der Waals surface area contributed by atoms with Crippen LogP contribution in [-0.4, -0.2) is 52.3 Å². The fourth-order valence-corrected chi connectivity index (χ4v) is 3.22. The molecule has 1 saturated heterocycles. The van der Waals surface area contributed by atoms with Gasteiger partial charge in [-0.15, -0.1) is 13.2 Å². The van der Waals surface area contributed by atoms with Crippen molar-refractivity contribution in [1.82, 2.24) is 15.5 Å². The van der Waals surface area contributed by atoms with Gasteiger partial charge in [-0.2, -0.15) is 0 Å². The van der Waals surface area contributed by atoms with Crippen molar-refractivity contribution in [2.75, 3.05) is 0 Å². The highest BCUT2D eigenvalue weighted by Gasteiger charge is 2.59. The molecule has 166 valence electrons. The summed E-state index contributed by atoms with van der Waals surface area (Å²) in [5.41, 5.74) is -1.69. The molecule has 2 N–H and O–H groups in total. The van der Waals surface area contributed by atoms with Crippen molar-refractivity contribution in [3.8, 4) is 0 Å². The van der Waals surface area contributed by atoms with Gasteiger partial charge in [0, 0.05) is 6.42 Å². The van der Waals surface area contributed by atoms with Crippen molar-refractivity contribution in [2.24, 2.45) is 0 Å². The van der Waals surface area contributed by atoms with E-state index in [1.54, 1.807) is 51.1 Å². The summed E-state index contributed by atoms with van der Waals surface area (Å²) in [6.45, 7) is 7.53. The zero-order chi connectivity index (χ0) is 22.9. The number of ether oxygens (including phenoxy) is 1. The Morgan fingerprint density at radius 3 is 2.27 bits per heavy atom. The standard InChI is InChI=1S/C20H26F3N3O4/c1-18(2,3)30-16(28)13(11-12-9-7-6-8-10-12)24-15(27)14-19(4,5)25-17(29)26(14)20(21,22)23/h6-10,13-14H,11H2,1-5H3,(H,24,27)(H,25,29)/t13-,14+/m0/s1. The summed E-state index contributed by atoms with van der Waals surface area (Å²) < 4.78 is 45.6. The number of esters is 1. The molecule has 1 aliphatic heterocycles. The van der Waals surface area contributed by atoms with E-state index >= 15 is 0 Å². The second kappa shape index (κ2) is 8.16. The van der Waals surface area contributed by atoms with Crippen molar-refractivity contribution in [3.05, 3.63) is 35.9 Å². The molecular weight excluding hydrogens is 403 g/mol. The van der Waals surface area contributed by atoms with Crippen LogP contribution in [0.4, 0.5) is 18.0 Å². The SMILES string of the molecule is CC(C)(C)OC(=O)[C@H](Cc1ccccc1)NC(=O)[C@H]1N(C(F)(F)F)C(=O)NC1(C)C. The normalized spacial score (nSPS) is 19.8. The Morgan fingerprint density at radius 1 is 1.20 bits per heavy atom. The van der Waals surface area contributed by atoms with Gasteiger partial charge in [0.05, 0.1) is 5.54 Å². The molecule has 1 aliphatic rings. The van der Waals surface area contributed by atoms with Gasteiger partial charge in [0.25, 0.3) is 0 Å². The highest BCUT2D eigenvalue weighted by molar-refractivity contribution is 5.94. The van der Waals surface area contributed by atoms with Crippen LogP contribution in [0.1, 0.15) is 40.2 Å². The fourth-order valence-electron chi connectivity index (χ4n) is 3.22. The van der Waals surface area contributed by atoms with Gasteiger partial charge in [0.1, 0.15) is 17.7 Å². The van der Waals surface area contributed by atoms with E-state index in [1.807, 2.05) is 0 Å². The molecule has 2 rings (SSSR count). The first-order valence-corrected chi connectivity index (χ1v) is 9.37. The molecule has 10 heteroatoms. The lowest BCUT2D eigenvalue weighted by Gasteiger charge is -2.32. The van der Waals surface area contributed by atoms with E-state index < -0.39 is 52.3 Å². The van der Waals surface area contributed by atoms with Gasteiger partial charge >= 0.3 is 18.3 Å². The molecule has 1 fully saturated rings. The summed E-state index contributed by atoms with van der Waals surface area (Å²) in [6, 6.07) is 4.11. The predicted molar refractivity (Wildman–Crippen MR) is 102 cm³/mol. The molecular formula is C20H26F3N3O4. The molecule has 0 aliphatic carbocycles. The van der Waals surface area contributed by atoms with E-state index in [1.165, 1.54) is 13.8 Å². The number of hydrogen-bond acceptors (Lipinski definition) is 4. The molecule has 7 nitrogen and oxygen atoms in total. The Kier molecular flexibility index (Phi) is 6.39. The number of urea groups is 1. The Labute approximate surface area is 172 Å². The first-order chi connectivity index (χ1) is 13.6. The second-order valence-electron chi connectivity index (χ2n) is 8.68. The quantitative estimate of drug-likeness (QED) is 0.557. The third-order valence-electron chi connectivity index (χ3n) is 4.40. The van der Waals surface area contributed by atoms with Crippen LogP contribution in [0.2, 0.25) is 0 Å². The Hall–Kier alpha value is -2.78. The van der Waals surface area contributed by atoms with Gasteiger partial charge in [0.15, 0.2) is 0 Å². The van der Waals surface area contributed by atoms with E-state index in [0.29, 0.717) is 5.56 Å². The van der Waals surface area contributed by atoms with Crippen LogP contribution in [-0.2, 0) is 20.7 Å². The summed E-state index contributed by atoms with van der Waals surface area (Å²) in [4.78, 5) is 37.0. The van der Waals surface area contributed by atoms with E-state index in [-0.39, 0.29) is 6.42 Å². The van der Waals surface area contributed by atoms with Gasteiger partial charge in [-0.1, -0.05) is 30.3 Å². The molecule has 1 heterocycles. The Morgan fingerprint density at radius 2 is 1.77 bits per heavy atom. The molecule has 0 saturated carbocycles. The number of nitrogens with one attached hydrogen (secondary N) is 2. The van der Waals surface area contributed by atoms with Crippen LogP contribution in [0.25, 0.3) is 0 Å². The minimum absolute atomic E-state index is 0.0159. The molecule has 2 atom stereocenters. The number of carbonyl (C=O) groups is 3. The zero-order valence-corrected chi connectivity index (χ0v) is 17.5. The van der Waals surface area contributed by atoms with Crippen molar-refractivity contribution in [3.63, 3.8) is 0 Å². The minimum Gasteiger partial charge on any atom is -0.458 e. The zero-order valence-electron chi connectivity index (χ0n) is 17.5. The predicted octanol–water partition coefficient (Wildman–Crippen LogP) is 2.75. The molecule has 0 aromatic heterocycles. The average Bonchev–Trinajstić information content (AvgIpc) is 2.82. The van der Waals surface area contributed by atoms with E-state index in [4.69, 9.17) is 4.74 Å². The number of benzene rings is 1. The van der Waals surface area contributed by atoms with Crippen LogP contribution >= 0.6 is 0 Å². The highest BCUT2D eigenvalue weighted by Crippen LogP contribution is 2.33. The molecule has 0 unspecified atom stereocenters. The minimum atomic E-state index is -5.07. The maximum absolute atomic E-state index is 13.4. The number of rotatable bonds is 5. The monoisotopic (exact) mass is 429 g/mol. The first-order valence-electron chi connectivity index (χ1n) is 9.37. The van der Waals surface area contributed by atoms with Gasteiger partial charge in [0.2, 0.25) is 5.91 Å². The lowest BCUT2D eigenvalue weighted by molar-refractivity contribution is -0.231. The van der Waals surface area contributed by atoms with Crippen LogP contribution < -0.4 is 10.6 Å². The van der Waals surface area contributed by atoms with Crippen molar-refractivity contribution in [1.29, 1.82) is 0 Å². The fraction of sp³-hybridized carbons (Fsp3) is 0.550. The lowest BCUT2D eigenvalue weighted by Crippen LogP contribution is -2.60. The largest absolute Gasteiger partial charge is 0.489 e. The number of halogens is 3. The smallest absolute Gasteiger partial charge is 0.458 e. The number of alkyl halides is 3. The van der Waals surface area contributed by atoms with Crippen LogP contribution in [0.15, 0.2) is 30.3 Å². The molecule has 3 amide bonds. The van der Waals surface area contributed by atoms with Gasteiger partial charge in [-0.25, -0.2) is 14.5 Å². The maximum Gasteiger partial charge on any atom is 0.489 e. The summed E-state index contributed by atoms with van der Waals surface area (Å²) in [6.07, 6.45) is -5.05. The Bertz CT molecular complexity index is 804. The van der Waals surface area contributed by atoms with Crippen LogP contribution in [0.5, 0.6) is 0 Å². The molecule has 1 aromatic carbocycles. The molecule has 0 spiro atoms. The van der Waals surface area contributed by atoms with Crippen molar-refractivity contribution >= 4 is 17.9 Å². The van der Waals surface area contributed by atoms with Gasteiger partial charge < -0.3 is 15.4 Å². The summed E-state index contributed by atoms with van der Waals surface area (Å²) in [7, 11) is 0. The third-order valence-corrected chi connectivity index (χ3v) is 4.40. The first kappa shape index (κ1) is 23.5. The molecule has 0 bridgehead atoms. The van der Waals surface area contributed by atoms with Crippen molar-refractivity contribution < 1.29 is 32.3 Å². The van der Waals surface area contributed by atoms with Gasteiger partial charge in [-0.05, 0) is 40.2 Å². The van der Waals surface area contributed by atoms with E-state index in [2.05, 4.69) is 10.6 Å². The Balaban J connectivity index is 2.31. The molecule has 0 radical (unpaired) electrons. The third kappa shape index (κ3) is 5.64. The lowest BCUT2D eigenvalue weighted by atomic mass is 9.94. The van der Waals surface area contributed by atoms with Gasteiger partial charge in [-0.3, -0.25) is 4.79 Å². The maximum atomic E-state index is 13.4. The second-order valence-corrected chi connectivity index (χ2v) is 8.68. The van der Waals surface area contributed by atoms with E-state index in [9.17, 15) is 27.6 Å². The van der Waals surface area contributed by atoms with Crippen LogP contribution in [0, 0.1) is 0 Å². The summed E-state index contributed by atoms with van der Waals surface area (Å²) in [5, 5.41) is 4.52. The van der Waals surface area contributed by atoms with Crippen molar-refractivity contribution in [2.45, 2.75) is 70.6 Å². The topological polar surface area (TPSA) is 87.7 Å². The molecule has 1 aromatic rings. The number of amides is 3. The number of carbonyl (C=O) groups excluding carboxylic acids is 3. The van der Waals surface area contributed by atoms with Crippen LogP contribution in [0.3, 0.4) is 0 Å². The molecule has 30 heavy (non-hydrogen) atoms. The average molecular weight is 429 g/mol. The number of hydrogen-bond donors (Lipinski definition) is 2. The summed E-state index contributed by atoms with van der Waals surface area (Å²) in [5.74, 6) is -1.89. The highest BCUT2D eigenvalue weighted by atomic mass is 19.4. The van der Waals surface area contributed by atoms with E-state index in [0.717, 1.165) is 0 Å². The number of nitrogens with zero attached hydrogens (tertiary/aromatic N) is 1.